The molecule has 0 amide bonds. The van der Waals surface area contributed by atoms with Crippen molar-refractivity contribution < 1.29 is 0 Å². The van der Waals surface area contributed by atoms with Gasteiger partial charge in [0.05, 0.1) is 11.3 Å². The Kier molecular flexibility index (Phi) is 2.77. The van der Waals surface area contributed by atoms with Gasteiger partial charge < -0.3 is 0 Å². The molecule has 80 valence electrons. The van der Waals surface area contributed by atoms with Crippen LogP contribution >= 0.6 is 28.1 Å². The van der Waals surface area contributed by atoms with Crippen LogP contribution in [0.15, 0.2) is 27.5 Å². The van der Waals surface area contributed by atoms with E-state index in [0.717, 1.165) is 4.47 Å². The predicted molar refractivity (Wildman–Crippen MR) is 64.0 cm³/mol. The van der Waals surface area contributed by atoms with Crippen LogP contribution in [0, 0.1) is 16.1 Å². The molecule has 0 atom stereocenters. The van der Waals surface area contributed by atoms with Gasteiger partial charge >= 0.3 is 5.69 Å². The number of H-pyrrole nitrogens is 2. The molecule has 0 radical (unpaired) electrons. The molecule has 1 aromatic carbocycles. The van der Waals surface area contributed by atoms with Crippen molar-refractivity contribution in [2.75, 3.05) is 0 Å². The van der Waals surface area contributed by atoms with Crippen LogP contribution < -0.4 is 5.69 Å². The van der Waals surface area contributed by atoms with Crippen molar-refractivity contribution in [1.29, 1.82) is 5.26 Å². The molecule has 0 unspecified atom stereocenters. The molecule has 2 rings (SSSR count). The molecule has 7 heteroatoms. The summed E-state index contributed by atoms with van der Waals surface area (Å²) in [5.41, 5.74) is 0.424. The average molecular weight is 297 g/mol. The lowest BCUT2D eigenvalue weighted by Gasteiger charge is -2.03. The predicted octanol–water partition coefficient (Wildman–Crippen LogP) is 1.86. The summed E-state index contributed by atoms with van der Waals surface area (Å²) in [6.45, 7) is 0. The Bertz CT molecular complexity index is 663. The molecule has 0 saturated carbocycles. The minimum absolute atomic E-state index is 0.222. The van der Waals surface area contributed by atoms with E-state index in [9.17, 15) is 4.79 Å². The topological polar surface area (TPSA) is 77.4 Å². The molecule has 1 aromatic heterocycles. The van der Waals surface area contributed by atoms with Crippen molar-refractivity contribution in [2.45, 2.75) is 0 Å². The van der Waals surface area contributed by atoms with Gasteiger partial charge in [-0.2, -0.15) is 5.26 Å². The van der Waals surface area contributed by atoms with Crippen molar-refractivity contribution in [3.63, 3.8) is 0 Å². The van der Waals surface area contributed by atoms with Crippen LogP contribution in [0.3, 0.4) is 0 Å². The molecule has 16 heavy (non-hydrogen) atoms. The zero-order valence-electron chi connectivity index (χ0n) is 7.82. The minimum atomic E-state index is -0.403. The number of aromatic amines is 2. The molecule has 0 fully saturated rings. The second-order valence-electron chi connectivity index (χ2n) is 2.97. The molecule has 0 aliphatic rings. The molecule has 2 aromatic rings. The average Bonchev–Trinajstić information content (AvgIpc) is 2.58. The van der Waals surface area contributed by atoms with Gasteiger partial charge in [-0.05, 0) is 30.4 Å². The number of hydrogen-bond acceptors (Lipinski definition) is 3. The van der Waals surface area contributed by atoms with Crippen molar-refractivity contribution >= 4 is 28.1 Å². The molecular weight excluding hydrogens is 292 g/mol. The molecule has 0 bridgehead atoms. The summed E-state index contributed by atoms with van der Waals surface area (Å²) in [7, 11) is 0. The van der Waals surface area contributed by atoms with Gasteiger partial charge in [0.25, 0.3) is 0 Å². The fourth-order valence-corrected chi connectivity index (χ4v) is 1.90. The summed E-state index contributed by atoms with van der Waals surface area (Å²) in [5.74, 6) is 0. The Morgan fingerprint density at radius 3 is 2.75 bits per heavy atom. The maximum Gasteiger partial charge on any atom is 0.347 e. The highest BCUT2D eigenvalue weighted by molar-refractivity contribution is 9.10. The number of nitrogens with zero attached hydrogens (tertiary/aromatic N) is 2. The third-order valence-electron chi connectivity index (χ3n) is 2.00. The molecule has 0 spiro atoms. The van der Waals surface area contributed by atoms with Crippen LogP contribution in [0.1, 0.15) is 5.56 Å². The summed E-state index contributed by atoms with van der Waals surface area (Å²) < 4.78 is 2.22. The van der Waals surface area contributed by atoms with E-state index in [-0.39, 0.29) is 4.77 Å². The minimum Gasteiger partial charge on any atom is -0.272 e. The Morgan fingerprint density at radius 2 is 2.19 bits per heavy atom. The lowest BCUT2D eigenvalue weighted by molar-refractivity contribution is 0.970. The van der Waals surface area contributed by atoms with Gasteiger partial charge in [0.15, 0.2) is 0 Å². The number of benzene rings is 1. The van der Waals surface area contributed by atoms with Gasteiger partial charge in [0.2, 0.25) is 4.77 Å². The monoisotopic (exact) mass is 296 g/mol. The Balaban J connectivity index is 2.84. The molecule has 2 N–H and O–H groups in total. The van der Waals surface area contributed by atoms with Crippen LogP contribution in [-0.2, 0) is 0 Å². The zero-order valence-corrected chi connectivity index (χ0v) is 10.2. The Morgan fingerprint density at radius 1 is 1.44 bits per heavy atom. The second-order valence-corrected chi connectivity index (χ2v) is 4.27. The summed E-state index contributed by atoms with van der Waals surface area (Å²) in [5, 5.41) is 13.8. The van der Waals surface area contributed by atoms with Gasteiger partial charge in [-0.1, -0.05) is 15.9 Å². The van der Waals surface area contributed by atoms with Crippen molar-refractivity contribution in [1.82, 2.24) is 14.8 Å². The fourth-order valence-electron chi connectivity index (χ4n) is 1.31. The highest BCUT2D eigenvalue weighted by Gasteiger charge is 2.09. The van der Waals surface area contributed by atoms with Gasteiger partial charge in [0.1, 0.15) is 6.07 Å². The molecule has 0 aliphatic carbocycles. The molecular formula is C9H5BrN4OS. The SMILES string of the molecule is N#Cc1ccc(Br)cc1-n1c(=O)[nH][nH]c1=S. The summed E-state index contributed by atoms with van der Waals surface area (Å²) >= 11 is 8.24. The van der Waals surface area contributed by atoms with E-state index in [0.29, 0.717) is 11.3 Å². The third-order valence-corrected chi connectivity index (χ3v) is 2.78. The Hall–Kier alpha value is -1.65. The van der Waals surface area contributed by atoms with Crippen LogP contribution in [0.25, 0.3) is 5.69 Å². The van der Waals surface area contributed by atoms with E-state index < -0.39 is 5.69 Å². The summed E-state index contributed by atoms with van der Waals surface area (Å²) in [6.07, 6.45) is 0. The Labute approximate surface area is 103 Å². The first-order valence-electron chi connectivity index (χ1n) is 4.23. The molecule has 5 nitrogen and oxygen atoms in total. The van der Waals surface area contributed by atoms with Gasteiger partial charge in [-0.25, -0.2) is 14.5 Å². The summed E-state index contributed by atoms with van der Waals surface area (Å²) in [6, 6.07) is 7.02. The van der Waals surface area contributed by atoms with E-state index in [2.05, 4.69) is 26.1 Å². The third kappa shape index (κ3) is 1.73. The number of aromatic nitrogens is 3. The maximum absolute atomic E-state index is 11.5. The van der Waals surface area contributed by atoms with E-state index in [4.69, 9.17) is 17.5 Å². The highest BCUT2D eigenvalue weighted by atomic mass is 79.9. The van der Waals surface area contributed by atoms with Gasteiger partial charge in [0, 0.05) is 4.47 Å². The number of halogens is 1. The van der Waals surface area contributed by atoms with Gasteiger partial charge in [-0.15, -0.1) is 0 Å². The van der Waals surface area contributed by atoms with E-state index in [1.54, 1.807) is 18.2 Å². The standard InChI is InChI=1S/C9H5BrN4OS/c10-6-2-1-5(4-11)7(3-6)14-8(15)12-13-9(14)16/h1-3H,(H,12,15)(H,13,16). The molecule has 0 aliphatic heterocycles. The van der Waals surface area contributed by atoms with Crippen LogP contribution in [0.2, 0.25) is 0 Å². The van der Waals surface area contributed by atoms with Crippen LogP contribution in [-0.4, -0.2) is 14.8 Å². The van der Waals surface area contributed by atoms with Crippen molar-refractivity contribution in [3.05, 3.63) is 43.5 Å². The summed E-state index contributed by atoms with van der Waals surface area (Å²) in [4.78, 5) is 11.5. The first-order chi connectivity index (χ1) is 7.63. The van der Waals surface area contributed by atoms with Crippen LogP contribution in [0.5, 0.6) is 0 Å². The molecule has 0 saturated heterocycles. The highest BCUT2D eigenvalue weighted by Crippen LogP contribution is 2.18. The second kappa shape index (κ2) is 4.08. The van der Waals surface area contributed by atoms with Crippen molar-refractivity contribution in [2.24, 2.45) is 0 Å². The quantitative estimate of drug-likeness (QED) is 0.789. The fraction of sp³-hybridized carbons (Fsp3) is 0. The van der Waals surface area contributed by atoms with E-state index in [1.807, 2.05) is 6.07 Å². The van der Waals surface area contributed by atoms with Gasteiger partial charge in [-0.3, -0.25) is 5.10 Å². The van der Waals surface area contributed by atoms with Crippen molar-refractivity contribution in [3.8, 4) is 11.8 Å². The number of nitrogens with one attached hydrogen (secondary N) is 2. The smallest absolute Gasteiger partial charge is 0.272 e. The van der Waals surface area contributed by atoms with E-state index in [1.165, 1.54) is 4.57 Å². The molecule has 1 heterocycles. The normalized spacial score (nSPS) is 10.0. The number of nitriles is 1. The first-order valence-corrected chi connectivity index (χ1v) is 5.43. The number of rotatable bonds is 1. The zero-order chi connectivity index (χ0) is 11.7. The first kappa shape index (κ1) is 10.9. The maximum atomic E-state index is 11.5. The lowest BCUT2D eigenvalue weighted by atomic mass is 10.2. The lowest BCUT2D eigenvalue weighted by Crippen LogP contribution is -2.16. The number of hydrogen-bond donors (Lipinski definition) is 2. The largest absolute Gasteiger partial charge is 0.347 e. The van der Waals surface area contributed by atoms with E-state index >= 15 is 0 Å². The van der Waals surface area contributed by atoms with Crippen LogP contribution in [0.4, 0.5) is 0 Å².